The molecule has 2 unspecified atom stereocenters. The summed E-state index contributed by atoms with van der Waals surface area (Å²) in [5, 5.41) is 3.43. The van der Waals surface area contributed by atoms with Crippen LogP contribution in [-0.4, -0.2) is 20.8 Å². The standard InChI is InChI=1S/C17H29NO/c1-13(2)9-15-7-6-8-16(11-15)17(18-4)10-14(3)12-19-5/h6-8,11,13-14,17-18H,9-10,12H2,1-5H3. The SMILES string of the molecule is CNC(CC(C)COC)c1cccc(CC(C)C)c1. The quantitative estimate of drug-likeness (QED) is 0.770. The first-order chi connectivity index (χ1) is 9.06. The first-order valence-electron chi connectivity index (χ1n) is 7.31. The molecule has 1 aromatic carbocycles. The zero-order valence-electron chi connectivity index (χ0n) is 13.1. The summed E-state index contributed by atoms with van der Waals surface area (Å²) < 4.78 is 5.23. The Kier molecular flexibility index (Phi) is 7.11. The Hall–Kier alpha value is -0.860. The molecule has 0 aliphatic rings. The van der Waals surface area contributed by atoms with E-state index in [0.29, 0.717) is 17.9 Å². The predicted octanol–water partition coefficient (Wildman–Crippen LogP) is 3.82. The van der Waals surface area contributed by atoms with Crippen molar-refractivity contribution in [1.82, 2.24) is 5.32 Å². The maximum atomic E-state index is 5.23. The van der Waals surface area contributed by atoms with Crippen molar-refractivity contribution in [1.29, 1.82) is 0 Å². The summed E-state index contributed by atoms with van der Waals surface area (Å²) >= 11 is 0. The highest BCUT2D eigenvalue weighted by Crippen LogP contribution is 2.23. The molecule has 0 aliphatic carbocycles. The largest absolute Gasteiger partial charge is 0.384 e. The van der Waals surface area contributed by atoms with Crippen LogP contribution in [0, 0.1) is 11.8 Å². The Morgan fingerprint density at radius 1 is 1.21 bits per heavy atom. The summed E-state index contributed by atoms with van der Waals surface area (Å²) in [6.45, 7) is 7.60. The second kappa shape index (κ2) is 8.34. The van der Waals surface area contributed by atoms with E-state index < -0.39 is 0 Å². The molecule has 2 nitrogen and oxygen atoms in total. The van der Waals surface area contributed by atoms with Gasteiger partial charge in [0.2, 0.25) is 0 Å². The van der Waals surface area contributed by atoms with Gasteiger partial charge in [-0.25, -0.2) is 0 Å². The molecule has 0 saturated carbocycles. The minimum absolute atomic E-state index is 0.414. The van der Waals surface area contributed by atoms with Crippen LogP contribution in [0.15, 0.2) is 24.3 Å². The first-order valence-corrected chi connectivity index (χ1v) is 7.31. The van der Waals surface area contributed by atoms with Gasteiger partial charge >= 0.3 is 0 Å². The number of hydrogen-bond donors (Lipinski definition) is 1. The Balaban J connectivity index is 2.74. The van der Waals surface area contributed by atoms with Gasteiger partial charge in [0.05, 0.1) is 0 Å². The molecular formula is C17H29NO. The average Bonchev–Trinajstić information content (AvgIpc) is 2.35. The van der Waals surface area contributed by atoms with Gasteiger partial charge in [0, 0.05) is 19.8 Å². The lowest BCUT2D eigenvalue weighted by Gasteiger charge is -2.21. The van der Waals surface area contributed by atoms with E-state index >= 15 is 0 Å². The molecular weight excluding hydrogens is 234 g/mol. The summed E-state index contributed by atoms with van der Waals surface area (Å²) in [5.41, 5.74) is 2.83. The van der Waals surface area contributed by atoms with Crippen LogP contribution in [0.4, 0.5) is 0 Å². The Morgan fingerprint density at radius 3 is 2.53 bits per heavy atom. The number of nitrogens with one attached hydrogen (secondary N) is 1. The Morgan fingerprint density at radius 2 is 1.95 bits per heavy atom. The molecule has 108 valence electrons. The summed E-state index contributed by atoms with van der Waals surface area (Å²) in [5.74, 6) is 1.27. The van der Waals surface area contributed by atoms with Gasteiger partial charge in [-0.3, -0.25) is 0 Å². The van der Waals surface area contributed by atoms with Crippen molar-refractivity contribution in [2.45, 2.75) is 39.7 Å². The Labute approximate surface area is 118 Å². The molecule has 1 N–H and O–H groups in total. The van der Waals surface area contributed by atoms with Crippen LogP contribution in [0.25, 0.3) is 0 Å². The highest BCUT2D eigenvalue weighted by molar-refractivity contribution is 5.26. The number of ether oxygens (including phenoxy) is 1. The lowest BCUT2D eigenvalue weighted by molar-refractivity contribution is 0.150. The molecule has 2 heteroatoms. The molecule has 0 aliphatic heterocycles. The second-order valence-corrected chi connectivity index (χ2v) is 5.98. The van der Waals surface area contributed by atoms with Gasteiger partial charge in [0.1, 0.15) is 0 Å². The highest BCUT2D eigenvalue weighted by Gasteiger charge is 2.14. The molecule has 1 rings (SSSR count). The van der Waals surface area contributed by atoms with Crippen LogP contribution in [0.5, 0.6) is 0 Å². The lowest BCUT2D eigenvalue weighted by atomic mass is 9.93. The molecule has 0 heterocycles. The van der Waals surface area contributed by atoms with Crippen LogP contribution in [0.1, 0.15) is 44.4 Å². The van der Waals surface area contributed by atoms with E-state index in [1.54, 1.807) is 7.11 Å². The van der Waals surface area contributed by atoms with Crippen LogP contribution >= 0.6 is 0 Å². The monoisotopic (exact) mass is 263 g/mol. The molecule has 0 amide bonds. The predicted molar refractivity (Wildman–Crippen MR) is 82.4 cm³/mol. The first kappa shape index (κ1) is 16.2. The fraction of sp³-hybridized carbons (Fsp3) is 0.647. The van der Waals surface area contributed by atoms with Gasteiger partial charge in [-0.05, 0) is 42.9 Å². The van der Waals surface area contributed by atoms with Gasteiger partial charge in [-0.2, -0.15) is 0 Å². The van der Waals surface area contributed by atoms with Crippen LogP contribution < -0.4 is 5.32 Å². The average molecular weight is 263 g/mol. The van der Waals surface area contributed by atoms with Gasteiger partial charge in [0.25, 0.3) is 0 Å². The van der Waals surface area contributed by atoms with E-state index in [9.17, 15) is 0 Å². The number of rotatable bonds is 8. The topological polar surface area (TPSA) is 21.3 Å². The minimum atomic E-state index is 0.414. The van der Waals surface area contributed by atoms with E-state index in [-0.39, 0.29) is 0 Å². The van der Waals surface area contributed by atoms with Gasteiger partial charge in [0.15, 0.2) is 0 Å². The summed E-state index contributed by atoms with van der Waals surface area (Å²) in [7, 11) is 3.81. The fourth-order valence-electron chi connectivity index (χ4n) is 2.58. The van der Waals surface area contributed by atoms with Gasteiger partial charge in [-0.1, -0.05) is 45.0 Å². The molecule has 0 saturated heterocycles. The molecule has 19 heavy (non-hydrogen) atoms. The molecule has 1 aromatic rings. The molecule has 0 fully saturated rings. The van der Waals surface area contributed by atoms with Gasteiger partial charge < -0.3 is 10.1 Å². The van der Waals surface area contributed by atoms with Crippen molar-refractivity contribution < 1.29 is 4.74 Å². The molecule has 0 bridgehead atoms. The Bertz CT molecular complexity index is 362. The normalized spacial score (nSPS) is 14.6. The van der Waals surface area contributed by atoms with E-state index in [1.165, 1.54) is 11.1 Å². The zero-order chi connectivity index (χ0) is 14.3. The molecule has 0 aromatic heterocycles. The van der Waals surface area contributed by atoms with Crippen molar-refractivity contribution in [3.8, 4) is 0 Å². The van der Waals surface area contributed by atoms with Crippen molar-refractivity contribution in [3.63, 3.8) is 0 Å². The van der Waals surface area contributed by atoms with Crippen molar-refractivity contribution in [3.05, 3.63) is 35.4 Å². The number of benzene rings is 1. The molecule has 2 atom stereocenters. The summed E-state index contributed by atoms with van der Waals surface area (Å²) in [6, 6.07) is 9.40. The number of methoxy groups -OCH3 is 1. The smallest absolute Gasteiger partial charge is 0.0488 e. The van der Waals surface area contributed by atoms with Gasteiger partial charge in [-0.15, -0.1) is 0 Å². The third kappa shape index (κ3) is 5.75. The van der Waals surface area contributed by atoms with Crippen LogP contribution in [0.2, 0.25) is 0 Å². The lowest BCUT2D eigenvalue weighted by Crippen LogP contribution is -2.21. The van der Waals surface area contributed by atoms with Crippen molar-refractivity contribution >= 4 is 0 Å². The number of hydrogen-bond acceptors (Lipinski definition) is 2. The van der Waals surface area contributed by atoms with E-state index in [1.807, 2.05) is 7.05 Å². The van der Waals surface area contributed by atoms with E-state index in [4.69, 9.17) is 4.74 Å². The zero-order valence-corrected chi connectivity index (χ0v) is 13.1. The van der Waals surface area contributed by atoms with Crippen molar-refractivity contribution in [2.24, 2.45) is 11.8 Å². The maximum Gasteiger partial charge on any atom is 0.0488 e. The summed E-state index contributed by atoms with van der Waals surface area (Å²) in [4.78, 5) is 0. The maximum absolute atomic E-state index is 5.23. The third-order valence-electron chi connectivity index (χ3n) is 3.44. The summed E-state index contributed by atoms with van der Waals surface area (Å²) in [6.07, 6.45) is 2.26. The van der Waals surface area contributed by atoms with Crippen molar-refractivity contribution in [2.75, 3.05) is 20.8 Å². The van der Waals surface area contributed by atoms with Crippen LogP contribution in [0.3, 0.4) is 0 Å². The third-order valence-corrected chi connectivity index (χ3v) is 3.44. The molecule has 0 radical (unpaired) electrons. The fourth-order valence-corrected chi connectivity index (χ4v) is 2.58. The van der Waals surface area contributed by atoms with E-state index in [0.717, 1.165) is 19.4 Å². The van der Waals surface area contributed by atoms with Crippen LogP contribution in [-0.2, 0) is 11.2 Å². The second-order valence-electron chi connectivity index (χ2n) is 5.98. The highest BCUT2D eigenvalue weighted by atomic mass is 16.5. The van der Waals surface area contributed by atoms with E-state index in [2.05, 4.69) is 50.4 Å². The molecule has 0 spiro atoms. The minimum Gasteiger partial charge on any atom is -0.384 e.